The Bertz CT molecular complexity index is 909. The quantitative estimate of drug-likeness (QED) is 0.738. The third kappa shape index (κ3) is 3.06. The maximum atomic E-state index is 12.9. The molecule has 2 unspecified atom stereocenters. The van der Waals surface area contributed by atoms with E-state index in [1.807, 2.05) is 30.3 Å². The number of aromatic carboxylic acids is 1. The second-order valence-electron chi connectivity index (χ2n) is 6.70. The first-order chi connectivity index (χ1) is 13.1. The van der Waals surface area contributed by atoms with Crippen LogP contribution in [-0.2, 0) is 4.79 Å². The van der Waals surface area contributed by atoms with Crippen LogP contribution in [0.2, 0.25) is 0 Å². The lowest BCUT2D eigenvalue weighted by molar-refractivity contribution is -0.132. The van der Waals surface area contributed by atoms with Gasteiger partial charge in [-0.15, -0.1) is 0 Å². The largest absolute Gasteiger partial charge is 0.478 e. The number of benzene rings is 1. The summed E-state index contributed by atoms with van der Waals surface area (Å²) in [5.41, 5.74) is 3.76. The zero-order valence-electron chi connectivity index (χ0n) is 14.5. The van der Waals surface area contributed by atoms with Crippen molar-refractivity contribution in [3.8, 4) is 0 Å². The van der Waals surface area contributed by atoms with Crippen molar-refractivity contribution in [3.05, 3.63) is 76.8 Å². The molecule has 27 heavy (non-hydrogen) atoms. The van der Waals surface area contributed by atoms with Gasteiger partial charge in [-0.05, 0) is 23.3 Å². The minimum atomic E-state index is -1.01. The minimum Gasteiger partial charge on any atom is -0.478 e. The zero-order valence-corrected chi connectivity index (χ0v) is 14.5. The molecule has 2 aromatic rings. The predicted molar refractivity (Wildman–Crippen MR) is 96.9 cm³/mol. The number of hydrogen-bond donors (Lipinski definition) is 3. The van der Waals surface area contributed by atoms with E-state index >= 15 is 0 Å². The summed E-state index contributed by atoms with van der Waals surface area (Å²) >= 11 is 0. The molecule has 0 saturated heterocycles. The highest BCUT2D eigenvalue weighted by molar-refractivity contribution is 5.87. The van der Waals surface area contributed by atoms with Gasteiger partial charge < -0.3 is 20.4 Å². The molecule has 0 fully saturated rings. The van der Waals surface area contributed by atoms with Gasteiger partial charge in [-0.3, -0.25) is 9.78 Å². The first-order valence-electron chi connectivity index (χ1n) is 8.70. The van der Waals surface area contributed by atoms with Crippen LogP contribution in [0.3, 0.4) is 0 Å². The van der Waals surface area contributed by atoms with Crippen LogP contribution in [0.1, 0.15) is 33.6 Å². The van der Waals surface area contributed by atoms with Gasteiger partial charge in [0, 0.05) is 18.4 Å². The summed E-state index contributed by atoms with van der Waals surface area (Å²) in [6.45, 7) is 0.734. The van der Waals surface area contributed by atoms with Crippen LogP contribution >= 0.6 is 0 Å². The molecule has 1 amide bonds. The molecular formula is C20H19N3O4. The standard InChI is InChI=1S/C20H19N3O4/c24-11-15(12-4-2-1-3-5-12)19(25)23-9-14-17(10-23)22-18(14)16-7-6-13(8-21-16)20(26)27/h1-8,15,18,22,24H,9-11H2,(H,26,27). The number of amides is 1. The second kappa shape index (κ2) is 6.85. The van der Waals surface area contributed by atoms with Gasteiger partial charge in [0.15, 0.2) is 0 Å². The van der Waals surface area contributed by atoms with Gasteiger partial charge in [0.05, 0.1) is 36.4 Å². The fourth-order valence-corrected chi connectivity index (χ4v) is 3.58. The number of aliphatic hydroxyl groups excluding tert-OH is 1. The average molecular weight is 365 g/mol. The number of nitrogens with one attached hydrogen (secondary N) is 1. The van der Waals surface area contributed by atoms with Crippen molar-refractivity contribution in [2.45, 2.75) is 12.0 Å². The van der Waals surface area contributed by atoms with E-state index in [4.69, 9.17) is 5.11 Å². The first-order valence-corrected chi connectivity index (χ1v) is 8.70. The Hall–Kier alpha value is -3.19. The monoisotopic (exact) mass is 365 g/mol. The van der Waals surface area contributed by atoms with Crippen LogP contribution < -0.4 is 5.32 Å². The van der Waals surface area contributed by atoms with Gasteiger partial charge in [0.1, 0.15) is 0 Å². The normalized spacial score (nSPS) is 19.1. The molecule has 0 radical (unpaired) electrons. The average Bonchev–Trinajstić information content (AvgIpc) is 3.00. The number of hydrogen-bond acceptors (Lipinski definition) is 5. The molecular weight excluding hydrogens is 346 g/mol. The molecule has 1 aromatic heterocycles. The van der Waals surface area contributed by atoms with Crippen molar-refractivity contribution < 1.29 is 19.8 Å². The van der Waals surface area contributed by atoms with E-state index in [0.717, 1.165) is 22.5 Å². The van der Waals surface area contributed by atoms with E-state index < -0.39 is 11.9 Å². The van der Waals surface area contributed by atoms with E-state index in [1.54, 1.807) is 11.0 Å². The topological polar surface area (TPSA) is 103 Å². The van der Waals surface area contributed by atoms with Crippen LogP contribution in [0.15, 0.2) is 59.9 Å². The summed E-state index contributed by atoms with van der Waals surface area (Å²) in [5, 5.41) is 22.0. The Kier molecular flexibility index (Phi) is 4.37. The molecule has 3 heterocycles. The van der Waals surface area contributed by atoms with Crippen molar-refractivity contribution in [2.75, 3.05) is 19.7 Å². The number of pyridine rings is 1. The Morgan fingerprint density at radius 1 is 1.19 bits per heavy atom. The summed E-state index contributed by atoms with van der Waals surface area (Å²) < 4.78 is 0. The van der Waals surface area contributed by atoms with E-state index in [0.29, 0.717) is 13.1 Å². The van der Waals surface area contributed by atoms with Crippen molar-refractivity contribution in [1.82, 2.24) is 15.2 Å². The lowest BCUT2D eigenvalue weighted by atomic mass is 9.95. The SMILES string of the molecule is O=C(O)c1ccc(C2NC3=C2CN(C(=O)C(CO)c2ccccc2)C3)nc1. The number of carboxylic acid groups (broad SMARTS) is 1. The number of carbonyl (C=O) groups excluding carboxylic acids is 1. The maximum absolute atomic E-state index is 12.9. The van der Waals surface area contributed by atoms with Crippen molar-refractivity contribution in [3.63, 3.8) is 0 Å². The summed E-state index contributed by atoms with van der Waals surface area (Å²) in [7, 11) is 0. The Morgan fingerprint density at radius 2 is 1.96 bits per heavy atom. The Balaban J connectivity index is 1.45. The smallest absolute Gasteiger partial charge is 0.337 e. The summed E-state index contributed by atoms with van der Waals surface area (Å²) in [6.07, 6.45) is 1.34. The molecule has 0 saturated carbocycles. The Morgan fingerprint density at radius 3 is 2.59 bits per heavy atom. The fourth-order valence-electron chi connectivity index (χ4n) is 3.58. The number of aliphatic hydroxyl groups is 1. The molecule has 7 heteroatoms. The molecule has 2 atom stereocenters. The number of aromatic nitrogens is 1. The van der Waals surface area contributed by atoms with E-state index in [9.17, 15) is 14.7 Å². The fraction of sp³-hybridized carbons (Fsp3) is 0.250. The second-order valence-corrected chi connectivity index (χ2v) is 6.70. The highest BCUT2D eigenvalue weighted by Crippen LogP contribution is 2.37. The number of nitrogens with zero attached hydrogens (tertiary/aromatic N) is 2. The highest BCUT2D eigenvalue weighted by Gasteiger charge is 2.40. The van der Waals surface area contributed by atoms with E-state index in [-0.39, 0.29) is 24.1 Å². The molecule has 7 nitrogen and oxygen atoms in total. The lowest BCUT2D eigenvalue weighted by Gasteiger charge is -2.30. The van der Waals surface area contributed by atoms with E-state index in [1.165, 1.54) is 12.3 Å². The molecule has 1 aromatic carbocycles. The van der Waals surface area contributed by atoms with Gasteiger partial charge in [-0.25, -0.2) is 4.79 Å². The molecule has 3 N–H and O–H groups in total. The minimum absolute atomic E-state index is 0.104. The number of carboxylic acids is 1. The van der Waals surface area contributed by atoms with Gasteiger partial charge in [-0.1, -0.05) is 30.3 Å². The van der Waals surface area contributed by atoms with Gasteiger partial charge in [-0.2, -0.15) is 0 Å². The van der Waals surface area contributed by atoms with Crippen LogP contribution in [0.25, 0.3) is 0 Å². The van der Waals surface area contributed by atoms with Crippen molar-refractivity contribution >= 4 is 11.9 Å². The summed E-state index contributed by atoms with van der Waals surface area (Å²) in [4.78, 5) is 29.8. The summed E-state index contributed by atoms with van der Waals surface area (Å²) in [6, 6.07) is 12.4. The molecule has 2 aliphatic rings. The molecule has 0 bridgehead atoms. The third-order valence-electron chi connectivity index (χ3n) is 5.09. The van der Waals surface area contributed by atoms with Crippen LogP contribution in [0.4, 0.5) is 0 Å². The molecule has 4 rings (SSSR count). The van der Waals surface area contributed by atoms with Gasteiger partial charge in [0.25, 0.3) is 0 Å². The van der Waals surface area contributed by atoms with Gasteiger partial charge in [0.2, 0.25) is 5.91 Å². The Labute approximate surface area is 156 Å². The highest BCUT2D eigenvalue weighted by atomic mass is 16.4. The third-order valence-corrected chi connectivity index (χ3v) is 5.09. The zero-order chi connectivity index (χ0) is 19.0. The van der Waals surface area contributed by atoms with Gasteiger partial charge >= 0.3 is 5.97 Å². The van der Waals surface area contributed by atoms with Crippen LogP contribution in [0.5, 0.6) is 0 Å². The first kappa shape index (κ1) is 17.2. The number of carbonyl (C=O) groups is 2. The van der Waals surface area contributed by atoms with E-state index in [2.05, 4.69) is 10.3 Å². The summed E-state index contributed by atoms with van der Waals surface area (Å²) in [5.74, 6) is -1.69. The maximum Gasteiger partial charge on any atom is 0.337 e. The molecule has 0 spiro atoms. The predicted octanol–water partition coefficient (Wildman–Crippen LogP) is 1.30. The lowest BCUT2D eigenvalue weighted by Crippen LogP contribution is -2.35. The van der Waals surface area contributed by atoms with Crippen molar-refractivity contribution in [2.24, 2.45) is 0 Å². The van der Waals surface area contributed by atoms with Crippen LogP contribution in [-0.4, -0.2) is 51.7 Å². The molecule has 0 aliphatic carbocycles. The van der Waals surface area contributed by atoms with Crippen LogP contribution in [0, 0.1) is 0 Å². The molecule has 2 aliphatic heterocycles. The number of rotatable bonds is 5. The molecule has 138 valence electrons. The van der Waals surface area contributed by atoms with Crippen molar-refractivity contribution in [1.29, 1.82) is 0 Å².